The lowest BCUT2D eigenvalue weighted by Crippen LogP contribution is -2.33. The Hall–Kier alpha value is -0.300. The van der Waals surface area contributed by atoms with Gasteiger partial charge in [0.1, 0.15) is 0 Å². The number of hydrogen-bond donors (Lipinski definition) is 1. The van der Waals surface area contributed by atoms with E-state index in [1.807, 2.05) is 0 Å². The lowest BCUT2D eigenvalue weighted by molar-refractivity contribution is 0.0984. The fourth-order valence-corrected chi connectivity index (χ4v) is 3.90. The summed E-state index contributed by atoms with van der Waals surface area (Å²) in [7, 11) is -3.39. The summed E-state index contributed by atoms with van der Waals surface area (Å²) in [6, 6.07) is 4.99. The maximum Gasteiger partial charge on any atom is 0.235 e. The van der Waals surface area contributed by atoms with E-state index in [4.69, 9.17) is 16.3 Å². The quantitative estimate of drug-likeness (QED) is 0.908. The Bertz CT molecular complexity index is 529. The van der Waals surface area contributed by atoms with E-state index in [1.165, 1.54) is 0 Å². The van der Waals surface area contributed by atoms with Crippen molar-refractivity contribution in [3.05, 3.63) is 27.7 Å². The van der Waals surface area contributed by atoms with E-state index >= 15 is 0 Å². The van der Waals surface area contributed by atoms with E-state index < -0.39 is 15.3 Å². The van der Waals surface area contributed by atoms with Crippen molar-refractivity contribution in [3.8, 4) is 0 Å². The Balaban J connectivity index is 2.18. The van der Waals surface area contributed by atoms with Crippen LogP contribution < -0.4 is 4.72 Å². The number of rotatable bonds is 3. The van der Waals surface area contributed by atoms with E-state index in [2.05, 4.69) is 20.7 Å². The molecular weight excluding hydrogens is 342 g/mol. The van der Waals surface area contributed by atoms with Crippen molar-refractivity contribution < 1.29 is 13.2 Å². The number of nitrogens with one attached hydrogen (secondary N) is 1. The Labute approximate surface area is 120 Å². The lowest BCUT2D eigenvalue weighted by atomic mass is 10.2. The second-order valence-electron chi connectivity index (χ2n) is 4.08. The van der Waals surface area contributed by atoms with Crippen LogP contribution in [0.25, 0.3) is 0 Å². The van der Waals surface area contributed by atoms with Gasteiger partial charge in [-0.25, -0.2) is 8.42 Å². The molecule has 1 aliphatic rings. The van der Waals surface area contributed by atoms with Gasteiger partial charge in [-0.15, -0.1) is 0 Å². The molecule has 4 nitrogen and oxygen atoms in total. The molecule has 1 aliphatic heterocycles. The second-order valence-corrected chi connectivity index (χ2v) is 7.33. The lowest BCUT2D eigenvalue weighted by Gasteiger charge is -2.23. The maximum absolute atomic E-state index is 12.2. The summed E-state index contributed by atoms with van der Waals surface area (Å²) in [6.45, 7) is 0.977. The van der Waals surface area contributed by atoms with Gasteiger partial charge < -0.3 is 4.74 Å². The number of benzene rings is 1. The van der Waals surface area contributed by atoms with Gasteiger partial charge in [0.05, 0.1) is 10.9 Å². The highest BCUT2D eigenvalue weighted by Crippen LogP contribution is 2.28. The highest BCUT2D eigenvalue weighted by molar-refractivity contribution is 9.10. The van der Waals surface area contributed by atoms with E-state index in [-0.39, 0.29) is 0 Å². The summed E-state index contributed by atoms with van der Waals surface area (Å²) in [5, 5.41) is 0.0833. The number of ether oxygens (including phenoxy) is 1. The van der Waals surface area contributed by atoms with Crippen LogP contribution in [0.1, 0.15) is 12.8 Å². The van der Waals surface area contributed by atoms with Crippen molar-refractivity contribution >= 4 is 43.2 Å². The van der Waals surface area contributed by atoms with Crippen molar-refractivity contribution in [2.75, 3.05) is 17.9 Å². The molecule has 0 saturated carbocycles. The Morgan fingerprint density at radius 2 is 2.00 bits per heavy atom. The number of anilines is 1. The zero-order valence-corrected chi connectivity index (χ0v) is 12.7. The second kappa shape index (κ2) is 5.77. The van der Waals surface area contributed by atoms with Gasteiger partial charge in [0.2, 0.25) is 10.0 Å². The molecule has 0 aromatic heterocycles. The number of sulfonamides is 1. The molecule has 0 radical (unpaired) electrons. The Morgan fingerprint density at radius 3 is 2.67 bits per heavy atom. The molecule has 0 amide bonds. The molecule has 1 N–H and O–H groups in total. The van der Waals surface area contributed by atoms with Crippen LogP contribution in [0, 0.1) is 0 Å². The summed E-state index contributed by atoms with van der Waals surface area (Å²) in [6.07, 6.45) is 1.04. The summed E-state index contributed by atoms with van der Waals surface area (Å²) in [5.74, 6) is 0. The smallest absolute Gasteiger partial charge is 0.235 e. The van der Waals surface area contributed by atoms with Crippen LogP contribution in [0.4, 0.5) is 5.69 Å². The molecule has 1 aromatic carbocycles. The molecule has 100 valence electrons. The molecule has 1 heterocycles. The predicted molar refractivity (Wildman–Crippen MR) is 75.5 cm³/mol. The molecule has 1 aromatic rings. The zero-order valence-electron chi connectivity index (χ0n) is 9.53. The SMILES string of the molecule is O=S(=O)(Nc1cc(Cl)ccc1Br)C1CCOCC1. The molecule has 0 atom stereocenters. The van der Waals surface area contributed by atoms with Crippen LogP contribution in [0.15, 0.2) is 22.7 Å². The van der Waals surface area contributed by atoms with E-state index in [1.54, 1.807) is 18.2 Å². The van der Waals surface area contributed by atoms with Gasteiger partial charge in [0.25, 0.3) is 0 Å². The average Bonchev–Trinajstić information content (AvgIpc) is 2.35. The monoisotopic (exact) mass is 353 g/mol. The predicted octanol–water partition coefficient (Wildman–Crippen LogP) is 3.02. The van der Waals surface area contributed by atoms with E-state index in [9.17, 15) is 8.42 Å². The minimum atomic E-state index is -3.39. The summed E-state index contributed by atoms with van der Waals surface area (Å²) < 4.78 is 32.8. The highest BCUT2D eigenvalue weighted by atomic mass is 79.9. The first kappa shape index (κ1) is 14.1. The molecule has 18 heavy (non-hydrogen) atoms. The standard InChI is InChI=1S/C11H13BrClNO3S/c12-10-2-1-8(13)7-11(10)14-18(15,16)9-3-5-17-6-4-9/h1-2,7,9,14H,3-6H2. The largest absolute Gasteiger partial charge is 0.381 e. The third-order valence-corrected chi connectivity index (χ3v) is 5.57. The van der Waals surface area contributed by atoms with Gasteiger partial charge in [0.15, 0.2) is 0 Å². The van der Waals surface area contributed by atoms with Crippen molar-refractivity contribution in [1.82, 2.24) is 0 Å². The fraction of sp³-hybridized carbons (Fsp3) is 0.455. The Kier molecular flexibility index (Phi) is 4.53. The summed E-state index contributed by atoms with van der Waals surface area (Å²) in [5.41, 5.74) is 0.467. The summed E-state index contributed by atoms with van der Waals surface area (Å²) in [4.78, 5) is 0. The minimum absolute atomic E-state index is 0.405. The molecule has 1 fully saturated rings. The van der Waals surface area contributed by atoms with E-state index in [0.29, 0.717) is 41.2 Å². The number of hydrogen-bond acceptors (Lipinski definition) is 3. The first-order valence-corrected chi connectivity index (χ1v) is 8.25. The van der Waals surface area contributed by atoms with Gasteiger partial charge in [-0.1, -0.05) is 11.6 Å². The molecular formula is C11H13BrClNO3S. The van der Waals surface area contributed by atoms with Crippen LogP contribution in [0.5, 0.6) is 0 Å². The van der Waals surface area contributed by atoms with Crippen molar-refractivity contribution in [3.63, 3.8) is 0 Å². The highest BCUT2D eigenvalue weighted by Gasteiger charge is 2.28. The minimum Gasteiger partial charge on any atom is -0.381 e. The molecule has 0 spiro atoms. The van der Waals surface area contributed by atoms with Gasteiger partial charge in [-0.3, -0.25) is 4.72 Å². The maximum atomic E-state index is 12.2. The van der Waals surface area contributed by atoms with Crippen molar-refractivity contribution in [1.29, 1.82) is 0 Å². The molecule has 0 bridgehead atoms. The number of halogens is 2. The van der Waals surface area contributed by atoms with Crippen molar-refractivity contribution in [2.45, 2.75) is 18.1 Å². The van der Waals surface area contributed by atoms with Crippen LogP contribution in [-0.2, 0) is 14.8 Å². The molecule has 0 aliphatic carbocycles. The zero-order chi connectivity index (χ0) is 13.2. The molecule has 7 heteroatoms. The van der Waals surface area contributed by atoms with E-state index in [0.717, 1.165) is 0 Å². The third-order valence-electron chi connectivity index (χ3n) is 2.79. The molecule has 2 rings (SSSR count). The van der Waals surface area contributed by atoms with Gasteiger partial charge in [-0.2, -0.15) is 0 Å². The van der Waals surface area contributed by atoms with Crippen LogP contribution in [0.3, 0.4) is 0 Å². The van der Waals surface area contributed by atoms with Crippen LogP contribution in [-0.4, -0.2) is 26.9 Å². The van der Waals surface area contributed by atoms with Crippen molar-refractivity contribution in [2.24, 2.45) is 0 Å². The molecule has 0 unspecified atom stereocenters. The van der Waals surface area contributed by atoms with Crippen LogP contribution in [0.2, 0.25) is 5.02 Å². The van der Waals surface area contributed by atoms with Gasteiger partial charge >= 0.3 is 0 Å². The third kappa shape index (κ3) is 3.38. The average molecular weight is 355 g/mol. The Morgan fingerprint density at radius 1 is 1.33 bits per heavy atom. The van der Waals surface area contributed by atoms with Gasteiger partial charge in [-0.05, 0) is 47.0 Å². The first-order valence-electron chi connectivity index (χ1n) is 5.53. The van der Waals surface area contributed by atoms with Gasteiger partial charge in [0, 0.05) is 22.7 Å². The fourth-order valence-electron chi connectivity index (χ4n) is 1.80. The molecule has 1 saturated heterocycles. The summed E-state index contributed by atoms with van der Waals surface area (Å²) >= 11 is 9.15. The normalized spacial score (nSPS) is 17.7. The topological polar surface area (TPSA) is 55.4 Å². The first-order chi connectivity index (χ1) is 8.49. The van der Waals surface area contributed by atoms with Crippen LogP contribution >= 0.6 is 27.5 Å².